The van der Waals surface area contributed by atoms with E-state index >= 15 is 0 Å². The molecule has 0 amide bonds. The van der Waals surface area contributed by atoms with Crippen molar-refractivity contribution in [1.82, 2.24) is 5.43 Å². The van der Waals surface area contributed by atoms with Crippen LogP contribution in [-0.4, -0.2) is 7.11 Å². The van der Waals surface area contributed by atoms with Crippen molar-refractivity contribution in [2.45, 2.75) is 38.1 Å². The third kappa shape index (κ3) is 2.17. The summed E-state index contributed by atoms with van der Waals surface area (Å²) in [6, 6.07) is 2.29. The second-order valence-corrected chi connectivity index (χ2v) is 6.69. The van der Waals surface area contributed by atoms with Gasteiger partial charge in [0.25, 0.3) is 0 Å². The minimum Gasteiger partial charge on any atom is -0.496 e. The first kappa shape index (κ1) is 12.5. The molecule has 3 rings (SSSR count). The van der Waals surface area contributed by atoms with Crippen LogP contribution < -0.4 is 16.0 Å². The van der Waals surface area contributed by atoms with Gasteiger partial charge in [-0.05, 0) is 54.9 Å². The fourth-order valence-electron chi connectivity index (χ4n) is 3.95. The molecular formula is C14H22N2OS. The molecule has 3 nitrogen and oxygen atoms in total. The molecule has 1 aromatic heterocycles. The van der Waals surface area contributed by atoms with Gasteiger partial charge in [0.1, 0.15) is 5.75 Å². The van der Waals surface area contributed by atoms with Gasteiger partial charge in [0.05, 0.1) is 18.0 Å². The zero-order chi connectivity index (χ0) is 12.5. The first-order valence-corrected chi connectivity index (χ1v) is 7.77. The van der Waals surface area contributed by atoms with Crippen LogP contribution in [0.3, 0.4) is 0 Å². The van der Waals surface area contributed by atoms with Crippen molar-refractivity contribution in [2.75, 3.05) is 7.11 Å². The van der Waals surface area contributed by atoms with Gasteiger partial charge >= 0.3 is 0 Å². The van der Waals surface area contributed by atoms with Crippen molar-refractivity contribution in [3.63, 3.8) is 0 Å². The van der Waals surface area contributed by atoms with E-state index in [9.17, 15) is 0 Å². The van der Waals surface area contributed by atoms with Gasteiger partial charge in [-0.2, -0.15) is 0 Å². The Morgan fingerprint density at radius 2 is 2.39 bits per heavy atom. The first-order valence-electron chi connectivity index (χ1n) is 6.89. The third-order valence-electron chi connectivity index (χ3n) is 4.82. The fraction of sp³-hybridized carbons (Fsp3) is 0.714. The van der Waals surface area contributed by atoms with Crippen LogP contribution in [0.15, 0.2) is 11.4 Å². The Kier molecular flexibility index (Phi) is 3.59. The number of rotatable bonds is 5. The van der Waals surface area contributed by atoms with Gasteiger partial charge in [0, 0.05) is 0 Å². The molecule has 4 heteroatoms. The lowest BCUT2D eigenvalue weighted by atomic mass is 9.84. The molecule has 0 aliphatic heterocycles. The largest absolute Gasteiger partial charge is 0.496 e. The van der Waals surface area contributed by atoms with Gasteiger partial charge in [-0.15, -0.1) is 11.3 Å². The van der Waals surface area contributed by atoms with Crippen LogP contribution in [0.2, 0.25) is 0 Å². The molecule has 0 radical (unpaired) electrons. The summed E-state index contributed by atoms with van der Waals surface area (Å²) in [5.74, 6) is 9.56. The lowest BCUT2D eigenvalue weighted by molar-refractivity contribution is 0.278. The monoisotopic (exact) mass is 266 g/mol. The number of hydrogen-bond acceptors (Lipinski definition) is 4. The average Bonchev–Trinajstić information content (AvgIpc) is 3.10. The van der Waals surface area contributed by atoms with Crippen molar-refractivity contribution in [3.05, 3.63) is 16.3 Å². The summed E-state index contributed by atoms with van der Waals surface area (Å²) in [5.41, 5.74) is 3.00. The van der Waals surface area contributed by atoms with Crippen LogP contribution in [0.5, 0.6) is 5.75 Å². The fourth-order valence-corrected chi connectivity index (χ4v) is 4.88. The molecule has 18 heavy (non-hydrogen) atoms. The van der Waals surface area contributed by atoms with Crippen molar-refractivity contribution >= 4 is 11.3 Å². The molecule has 2 saturated carbocycles. The number of methoxy groups -OCH3 is 1. The smallest absolute Gasteiger partial charge is 0.134 e. The molecular weight excluding hydrogens is 244 g/mol. The molecule has 100 valence electrons. The normalized spacial score (nSPS) is 31.8. The van der Waals surface area contributed by atoms with E-state index < -0.39 is 0 Å². The predicted octanol–water partition coefficient (Wildman–Crippen LogP) is 3.09. The average molecular weight is 266 g/mol. The first-order chi connectivity index (χ1) is 8.81. The Morgan fingerprint density at radius 1 is 1.50 bits per heavy atom. The van der Waals surface area contributed by atoms with Gasteiger partial charge < -0.3 is 4.74 Å². The number of nitrogens with one attached hydrogen (secondary N) is 1. The van der Waals surface area contributed by atoms with Gasteiger partial charge in [-0.1, -0.05) is 6.42 Å². The highest BCUT2D eigenvalue weighted by Gasteiger charge is 2.40. The minimum atomic E-state index is 0.254. The van der Waals surface area contributed by atoms with Gasteiger partial charge in [0.15, 0.2) is 0 Å². The lowest BCUT2D eigenvalue weighted by Gasteiger charge is -2.26. The standard InChI is InChI=1S/C14H22N2OS/c1-17-13-4-5-18-14(13)12(16-15)8-11-7-9-2-3-10(11)6-9/h4-5,9-12,16H,2-3,6-8,15H2,1H3. The quantitative estimate of drug-likeness (QED) is 0.636. The molecule has 2 aliphatic rings. The topological polar surface area (TPSA) is 47.3 Å². The Morgan fingerprint density at radius 3 is 3.00 bits per heavy atom. The summed E-state index contributed by atoms with van der Waals surface area (Å²) < 4.78 is 5.41. The molecule has 0 aromatic carbocycles. The van der Waals surface area contributed by atoms with E-state index in [0.29, 0.717) is 0 Å². The second-order valence-electron chi connectivity index (χ2n) is 5.74. The third-order valence-corrected chi connectivity index (χ3v) is 5.83. The van der Waals surface area contributed by atoms with Crippen molar-refractivity contribution < 1.29 is 4.74 Å². The maximum atomic E-state index is 5.76. The van der Waals surface area contributed by atoms with Crippen molar-refractivity contribution in [2.24, 2.45) is 23.6 Å². The van der Waals surface area contributed by atoms with Gasteiger partial charge in [-0.3, -0.25) is 11.3 Å². The van der Waals surface area contributed by atoms with Crippen LogP contribution in [0, 0.1) is 17.8 Å². The predicted molar refractivity (Wildman–Crippen MR) is 74.5 cm³/mol. The van der Waals surface area contributed by atoms with Crippen LogP contribution >= 0.6 is 11.3 Å². The number of hydrogen-bond donors (Lipinski definition) is 2. The maximum Gasteiger partial charge on any atom is 0.134 e. The van der Waals surface area contributed by atoms with E-state index in [1.165, 1.54) is 30.6 Å². The summed E-state index contributed by atoms with van der Waals surface area (Å²) in [5, 5.41) is 2.08. The van der Waals surface area contributed by atoms with Crippen LogP contribution in [0.25, 0.3) is 0 Å². The Bertz CT molecular complexity index is 406. The summed E-state index contributed by atoms with van der Waals surface area (Å²) in [7, 11) is 1.73. The van der Waals surface area contributed by atoms with E-state index in [1.54, 1.807) is 18.4 Å². The van der Waals surface area contributed by atoms with Crippen molar-refractivity contribution in [1.29, 1.82) is 0 Å². The zero-order valence-electron chi connectivity index (χ0n) is 10.9. The number of ether oxygens (including phenoxy) is 1. The molecule has 2 bridgehead atoms. The van der Waals surface area contributed by atoms with Crippen LogP contribution in [-0.2, 0) is 0 Å². The number of fused-ring (bicyclic) bond motifs is 2. The summed E-state index contributed by atoms with van der Waals surface area (Å²) >= 11 is 1.74. The highest BCUT2D eigenvalue weighted by Crippen LogP contribution is 2.51. The summed E-state index contributed by atoms with van der Waals surface area (Å²) in [4.78, 5) is 1.25. The lowest BCUT2D eigenvalue weighted by Crippen LogP contribution is -2.30. The molecule has 0 saturated heterocycles. The maximum absolute atomic E-state index is 5.76. The SMILES string of the molecule is COc1ccsc1C(CC1CC2CCC1C2)NN. The zero-order valence-corrected chi connectivity index (χ0v) is 11.7. The minimum absolute atomic E-state index is 0.254. The molecule has 4 unspecified atom stereocenters. The van der Waals surface area contributed by atoms with E-state index in [2.05, 4.69) is 10.8 Å². The van der Waals surface area contributed by atoms with Gasteiger partial charge in [-0.25, -0.2) is 0 Å². The molecule has 2 aliphatic carbocycles. The van der Waals surface area contributed by atoms with Gasteiger partial charge in [0.2, 0.25) is 0 Å². The summed E-state index contributed by atoms with van der Waals surface area (Å²) in [6.45, 7) is 0. The van der Waals surface area contributed by atoms with E-state index in [-0.39, 0.29) is 6.04 Å². The summed E-state index contributed by atoms with van der Waals surface area (Å²) in [6.07, 6.45) is 6.94. The highest BCUT2D eigenvalue weighted by molar-refractivity contribution is 7.10. The van der Waals surface area contributed by atoms with E-state index in [4.69, 9.17) is 10.6 Å². The molecule has 1 aromatic rings. The number of thiophene rings is 1. The van der Waals surface area contributed by atoms with E-state index in [1.807, 2.05) is 6.07 Å². The van der Waals surface area contributed by atoms with Crippen LogP contribution in [0.4, 0.5) is 0 Å². The molecule has 1 heterocycles. The Hall–Kier alpha value is -0.580. The number of hydrazine groups is 1. The number of nitrogens with two attached hydrogens (primary N) is 1. The molecule has 3 N–H and O–H groups in total. The molecule has 4 atom stereocenters. The Balaban J connectivity index is 1.69. The van der Waals surface area contributed by atoms with Crippen molar-refractivity contribution in [3.8, 4) is 5.75 Å². The van der Waals surface area contributed by atoms with Crippen LogP contribution in [0.1, 0.15) is 43.0 Å². The Labute approximate surface area is 113 Å². The van der Waals surface area contributed by atoms with E-state index in [0.717, 1.165) is 29.9 Å². The molecule has 2 fully saturated rings. The highest BCUT2D eigenvalue weighted by atomic mass is 32.1. The second kappa shape index (κ2) is 5.19. The molecule has 0 spiro atoms.